The minimum absolute atomic E-state index is 0.0233. The first-order chi connectivity index (χ1) is 15.3. The number of halogens is 2. The van der Waals surface area contributed by atoms with Gasteiger partial charge in [0.05, 0.1) is 18.0 Å². The lowest BCUT2D eigenvalue weighted by atomic mass is 9.89. The van der Waals surface area contributed by atoms with Crippen molar-refractivity contribution in [2.75, 3.05) is 18.0 Å². The largest absolute Gasteiger partial charge is 0.465 e. The van der Waals surface area contributed by atoms with E-state index in [9.17, 15) is 28.3 Å². The Kier molecular flexibility index (Phi) is 5.82. The van der Waals surface area contributed by atoms with Crippen molar-refractivity contribution in [3.05, 3.63) is 65.2 Å². The van der Waals surface area contributed by atoms with Crippen LogP contribution < -0.4 is 10.2 Å². The number of carboxylic acid groups (broad SMARTS) is 1. The quantitative estimate of drug-likeness (QED) is 0.692. The Bertz CT molecular complexity index is 1030. The summed E-state index contributed by atoms with van der Waals surface area (Å²) >= 11 is 0. The SMILES string of the molecule is C[C@H](c1ccccc1)N(C(=O)O)C1CN(c2cc(F)c(C3CCC(=O)NC3=O)c(F)c2)C1. The minimum atomic E-state index is -1.06. The predicted octanol–water partition coefficient (Wildman–Crippen LogP) is 3.41. The average Bonchev–Trinajstić information content (AvgIpc) is 2.71. The summed E-state index contributed by atoms with van der Waals surface area (Å²) in [6.07, 6.45) is -0.985. The summed E-state index contributed by atoms with van der Waals surface area (Å²) in [5.41, 5.74) is 0.796. The second kappa shape index (κ2) is 8.57. The number of anilines is 1. The number of hydrogen-bond donors (Lipinski definition) is 2. The highest BCUT2D eigenvalue weighted by atomic mass is 19.1. The third kappa shape index (κ3) is 4.02. The summed E-state index contributed by atoms with van der Waals surface area (Å²) in [4.78, 5) is 38.3. The molecule has 32 heavy (non-hydrogen) atoms. The van der Waals surface area contributed by atoms with E-state index in [4.69, 9.17) is 0 Å². The van der Waals surface area contributed by atoms with E-state index < -0.39 is 35.5 Å². The first-order valence-electron chi connectivity index (χ1n) is 10.4. The van der Waals surface area contributed by atoms with Gasteiger partial charge in [-0.05, 0) is 31.0 Å². The van der Waals surface area contributed by atoms with Crippen molar-refractivity contribution in [2.45, 2.75) is 37.8 Å². The molecule has 0 spiro atoms. The molecule has 2 aliphatic rings. The maximum absolute atomic E-state index is 14.8. The lowest BCUT2D eigenvalue weighted by Crippen LogP contribution is -2.61. The molecule has 7 nitrogen and oxygen atoms in total. The van der Waals surface area contributed by atoms with E-state index in [-0.39, 0.29) is 36.2 Å². The zero-order valence-electron chi connectivity index (χ0n) is 17.4. The van der Waals surface area contributed by atoms with E-state index in [1.54, 1.807) is 11.8 Å². The summed E-state index contributed by atoms with van der Waals surface area (Å²) < 4.78 is 29.6. The molecule has 0 aromatic heterocycles. The van der Waals surface area contributed by atoms with Gasteiger partial charge >= 0.3 is 6.09 Å². The van der Waals surface area contributed by atoms with Crippen molar-refractivity contribution < 1.29 is 28.3 Å². The Morgan fingerprint density at radius 1 is 1.16 bits per heavy atom. The summed E-state index contributed by atoms with van der Waals surface area (Å²) in [6, 6.07) is 10.9. The second-order valence-corrected chi connectivity index (χ2v) is 8.16. The van der Waals surface area contributed by atoms with Gasteiger partial charge in [0.1, 0.15) is 11.6 Å². The van der Waals surface area contributed by atoms with Gasteiger partial charge in [-0.1, -0.05) is 30.3 Å². The van der Waals surface area contributed by atoms with E-state index in [0.717, 1.165) is 17.7 Å². The monoisotopic (exact) mass is 443 g/mol. The van der Waals surface area contributed by atoms with Crippen molar-refractivity contribution in [1.82, 2.24) is 10.2 Å². The molecular formula is C23H23F2N3O4. The standard InChI is InChI=1S/C23H23F2N3O4/c1-13(14-5-3-2-4-6-14)28(23(31)32)16-11-27(12-16)15-9-18(24)21(19(25)10-15)17-7-8-20(29)26-22(17)30/h2-6,9-10,13,16-17H,7-8,11-12H2,1H3,(H,31,32)(H,26,29,30)/t13-,17?/m1/s1. The fourth-order valence-corrected chi connectivity index (χ4v) is 4.43. The zero-order chi connectivity index (χ0) is 23.0. The summed E-state index contributed by atoms with van der Waals surface area (Å²) in [5, 5.41) is 11.8. The predicted molar refractivity (Wildman–Crippen MR) is 112 cm³/mol. The van der Waals surface area contributed by atoms with Crippen LogP contribution >= 0.6 is 0 Å². The van der Waals surface area contributed by atoms with Gasteiger partial charge in [0.25, 0.3) is 0 Å². The topological polar surface area (TPSA) is 90.0 Å². The molecule has 2 saturated heterocycles. The van der Waals surface area contributed by atoms with Crippen molar-refractivity contribution >= 4 is 23.6 Å². The number of carbonyl (C=O) groups is 3. The smallest absolute Gasteiger partial charge is 0.408 e. The number of carbonyl (C=O) groups excluding carboxylic acids is 2. The minimum Gasteiger partial charge on any atom is -0.465 e. The molecule has 0 saturated carbocycles. The van der Waals surface area contributed by atoms with Crippen LogP contribution in [0.5, 0.6) is 0 Å². The van der Waals surface area contributed by atoms with Crippen LogP contribution in [0.15, 0.2) is 42.5 Å². The number of benzene rings is 2. The Morgan fingerprint density at radius 3 is 2.34 bits per heavy atom. The van der Waals surface area contributed by atoms with Gasteiger partial charge in [-0.2, -0.15) is 0 Å². The van der Waals surface area contributed by atoms with Crippen LogP contribution in [-0.4, -0.2) is 47.0 Å². The number of hydrogen-bond acceptors (Lipinski definition) is 4. The van der Waals surface area contributed by atoms with Gasteiger partial charge in [0.15, 0.2) is 0 Å². The Hall–Kier alpha value is -3.49. The third-order valence-corrected chi connectivity index (χ3v) is 6.19. The van der Waals surface area contributed by atoms with Gasteiger partial charge in [-0.3, -0.25) is 19.8 Å². The molecule has 4 rings (SSSR count). The average molecular weight is 443 g/mol. The van der Waals surface area contributed by atoms with Crippen molar-refractivity contribution in [3.8, 4) is 0 Å². The lowest BCUT2D eigenvalue weighted by molar-refractivity contribution is -0.134. The molecule has 3 amide bonds. The zero-order valence-corrected chi connectivity index (χ0v) is 17.4. The molecule has 0 aliphatic carbocycles. The molecule has 1 unspecified atom stereocenters. The number of amides is 3. The number of imide groups is 1. The number of nitrogens with one attached hydrogen (secondary N) is 1. The van der Waals surface area contributed by atoms with E-state index in [1.807, 2.05) is 30.3 Å². The maximum Gasteiger partial charge on any atom is 0.408 e. The molecule has 9 heteroatoms. The van der Waals surface area contributed by atoms with Crippen LogP contribution in [0, 0.1) is 11.6 Å². The molecule has 2 aliphatic heterocycles. The molecule has 2 N–H and O–H groups in total. The highest BCUT2D eigenvalue weighted by molar-refractivity contribution is 6.01. The van der Waals surface area contributed by atoms with Gasteiger partial charge in [0, 0.05) is 30.8 Å². The summed E-state index contributed by atoms with van der Waals surface area (Å²) in [6.45, 7) is 2.39. The fraction of sp³-hybridized carbons (Fsp3) is 0.348. The number of piperidine rings is 1. The molecule has 2 aromatic rings. The lowest BCUT2D eigenvalue weighted by Gasteiger charge is -2.47. The fourth-order valence-electron chi connectivity index (χ4n) is 4.43. The van der Waals surface area contributed by atoms with E-state index >= 15 is 0 Å². The molecule has 2 aromatic carbocycles. The maximum atomic E-state index is 14.8. The van der Waals surface area contributed by atoms with Crippen LogP contribution in [0.1, 0.15) is 42.9 Å². The van der Waals surface area contributed by atoms with Crippen molar-refractivity contribution in [2.24, 2.45) is 0 Å². The van der Waals surface area contributed by atoms with Crippen LogP contribution in [0.25, 0.3) is 0 Å². The van der Waals surface area contributed by atoms with Crippen molar-refractivity contribution in [1.29, 1.82) is 0 Å². The first-order valence-corrected chi connectivity index (χ1v) is 10.4. The molecule has 2 atom stereocenters. The van der Waals surface area contributed by atoms with E-state index in [1.165, 1.54) is 4.90 Å². The number of rotatable bonds is 5. The van der Waals surface area contributed by atoms with Gasteiger partial charge in [0.2, 0.25) is 11.8 Å². The Balaban J connectivity index is 1.49. The third-order valence-electron chi connectivity index (χ3n) is 6.19. The van der Waals surface area contributed by atoms with Gasteiger partial charge in [-0.25, -0.2) is 13.6 Å². The van der Waals surface area contributed by atoms with Crippen LogP contribution in [0.4, 0.5) is 19.3 Å². The normalized spacial score (nSPS) is 19.8. The van der Waals surface area contributed by atoms with Crippen LogP contribution in [0.3, 0.4) is 0 Å². The van der Waals surface area contributed by atoms with Gasteiger partial charge < -0.3 is 10.0 Å². The highest BCUT2D eigenvalue weighted by Gasteiger charge is 2.39. The molecule has 0 bridgehead atoms. The molecule has 0 radical (unpaired) electrons. The molecule has 2 fully saturated rings. The first kappa shape index (κ1) is 21.7. The Labute approximate surface area is 183 Å². The molecule has 168 valence electrons. The Morgan fingerprint density at radius 2 is 1.78 bits per heavy atom. The summed E-state index contributed by atoms with van der Waals surface area (Å²) in [5.74, 6) is -3.93. The van der Waals surface area contributed by atoms with Crippen LogP contribution in [0.2, 0.25) is 0 Å². The van der Waals surface area contributed by atoms with E-state index in [2.05, 4.69) is 5.32 Å². The second-order valence-electron chi connectivity index (χ2n) is 8.16. The molecule has 2 heterocycles. The van der Waals surface area contributed by atoms with E-state index in [0.29, 0.717) is 13.1 Å². The van der Waals surface area contributed by atoms with Crippen LogP contribution in [-0.2, 0) is 9.59 Å². The van der Waals surface area contributed by atoms with Gasteiger partial charge in [-0.15, -0.1) is 0 Å². The number of nitrogens with zero attached hydrogens (tertiary/aromatic N) is 2. The molecular weight excluding hydrogens is 420 g/mol. The van der Waals surface area contributed by atoms with Crippen molar-refractivity contribution in [3.63, 3.8) is 0 Å². The highest BCUT2D eigenvalue weighted by Crippen LogP contribution is 2.35. The summed E-state index contributed by atoms with van der Waals surface area (Å²) in [7, 11) is 0.